The molecule has 0 aromatic rings. The summed E-state index contributed by atoms with van der Waals surface area (Å²) >= 11 is 4.61. The fourth-order valence-corrected chi connectivity index (χ4v) is 2.62. The first kappa shape index (κ1) is 10.4. The van der Waals surface area contributed by atoms with Gasteiger partial charge in [-0.2, -0.15) is 12.6 Å². The van der Waals surface area contributed by atoms with Crippen LogP contribution in [0.2, 0.25) is 0 Å². The Morgan fingerprint density at radius 2 is 1.92 bits per heavy atom. The monoisotopic (exact) mass is 187 g/mol. The number of hydrogen-bond donors (Lipinski definition) is 2. The first-order valence-electron chi connectivity index (χ1n) is 4.89. The van der Waals surface area contributed by atoms with Gasteiger partial charge in [0.25, 0.3) is 0 Å². The van der Waals surface area contributed by atoms with E-state index in [1.54, 1.807) is 0 Å². The van der Waals surface area contributed by atoms with Crippen LogP contribution in [0.4, 0.5) is 0 Å². The van der Waals surface area contributed by atoms with Gasteiger partial charge >= 0.3 is 0 Å². The molecule has 0 heterocycles. The molecule has 2 heteroatoms. The number of thiol groups is 1. The third-order valence-corrected chi connectivity index (χ3v) is 3.40. The van der Waals surface area contributed by atoms with Crippen LogP contribution in [0, 0.1) is 11.8 Å². The van der Waals surface area contributed by atoms with Crippen molar-refractivity contribution in [1.29, 1.82) is 0 Å². The lowest BCUT2D eigenvalue weighted by Crippen LogP contribution is -2.44. The third-order valence-electron chi connectivity index (χ3n) is 3.07. The van der Waals surface area contributed by atoms with Crippen LogP contribution in [0.5, 0.6) is 0 Å². The van der Waals surface area contributed by atoms with E-state index in [1.807, 2.05) is 0 Å². The highest BCUT2D eigenvalue weighted by Gasteiger charge is 2.34. The number of nitrogens with two attached hydrogens (primary N) is 1. The van der Waals surface area contributed by atoms with Gasteiger partial charge in [-0.15, -0.1) is 0 Å². The molecule has 1 aliphatic rings. The fraction of sp³-hybridized carbons (Fsp3) is 1.00. The van der Waals surface area contributed by atoms with Crippen LogP contribution in [-0.2, 0) is 0 Å². The Kier molecular flexibility index (Phi) is 3.11. The summed E-state index contributed by atoms with van der Waals surface area (Å²) in [7, 11) is 0. The second-order valence-electron chi connectivity index (χ2n) is 4.84. The van der Waals surface area contributed by atoms with Gasteiger partial charge in [0.1, 0.15) is 0 Å². The third kappa shape index (κ3) is 2.40. The van der Waals surface area contributed by atoms with E-state index >= 15 is 0 Å². The molecule has 1 aliphatic carbocycles. The predicted molar refractivity (Wildman–Crippen MR) is 57.5 cm³/mol. The highest BCUT2D eigenvalue weighted by molar-refractivity contribution is 7.81. The van der Waals surface area contributed by atoms with Gasteiger partial charge < -0.3 is 5.73 Å². The molecule has 0 aliphatic heterocycles. The minimum atomic E-state index is 0.0968. The Balaban J connectivity index is 2.57. The number of rotatable bonds is 1. The SMILES string of the molecule is CC1CCC(C(C)(C)S)C(N)C1. The molecule has 0 aromatic carbocycles. The Bertz CT molecular complexity index is 150. The minimum Gasteiger partial charge on any atom is -0.327 e. The molecule has 1 nitrogen and oxygen atoms in total. The van der Waals surface area contributed by atoms with Crippen molar-refractivity contribution in [1.82, 2.24) is 0 Å². The van der Waals surface area contributed by atoms with Gasteiger partial charge in [0.15, 0.2) is 0 Å². The van der Waals surface area contributed by atoms with Crippen molar-refractivity contribution in [2.45, 2.75) is 50.8 Å². The van der Waals surface area contributed by atoms with E-state index in [2.05, 4.69) is 33.4 Å². The van der Waals surface area contributed by atoms with Gasteiger partial charge in [-0.1, -0.05) is 27.2 Å². The lowest BCUT2D eigenvalue weighted by Gasteiger charge is -2.40. The summed E-state index contributed by atoms with van der Waals surface area (Å²) in [6.45, 7) is 6.65. The summed E-state index contributed by atoms with van der Waals surface area (Å²) in [5.74, 6) is 1.41. The summed E-state index contributed by atoms with van der Waals surface area (Å²) < 4.78 is 0.0968. The average molecular weight is 187 g/mol. The quantitative estimate of drug-likeness (QED) is 0.606. The maximum absolute atomic E-state index is 6.11. The van der Waals surface area contributed by atoms with Crippen molar-refractivity contribution >= 4 is 12.6 Å². The normalized spacial score (nSPS) is 38.2. The van der Waals surface area contributed by atoms with Crippen LogP contribution in [0.25, 0.3) is 0 Å². The fourth-order valence-electron chi connectivity index (χ4n) is 2.30. The predicted octanol–water partition coefficient (Wildman–Crippen LogP) is 2.46. The average Bonchev–Trinajstić information content (AvgIpc) is 1.83. The van der Waals surface area contributed by atoms with Crippen LogP contribution in [0.15, 0.2) is 0 Å². The lowest BCUT2D eigenvalue weighted by molar-refractivity contribution is 0.217. The van der Waals surface area contributed by atoms with E-state index in [9.17, 15) is 0 Å². The van der Waals surface area contributed by atoms with Crippen molar-refractivity contribution in [3.63, 3.8) is 0 Å². The van der Waals surface area contributed by atoms with Crippen molar-refractivity contribution in [3.05, 3.63) is 0 Å². The molecule has 0 bridgehead atoms. The van der Waals surface area contributed by atoms with Crippen LogP contribution in [0.3, 0.4) is 0 Å². The van der Waals surface area contributed by atoms with Gasteiger partial charge in [-0.05, 0) is 24.7 Å². The second kappa shape index (κ2) is 3.59. The molecule has 3 atom stereocenters. The molecule has 1 fully saturated rings. The van der Waals surface area contributed by atoms with E-state index in [0.717, 1.165) is 5.92 Å². The van der Waals surface area contributed by atoms with Gasteiger partial charge in [-0.25, -0.2) is 0 Å². The highest BCUT2D eigenvalue weighted by atomic mass is 32.1. The molecule has 0 aromatic heterocycles. The Hall–Kier alpha value is 0.310. The van der Waals surface area contributed by atoms with E-state index in [-0.39, 0.29) is 4.75 Å². The molecule has 3 unspecified atom stereocenters. The highest BCUT2D eigenvalue weighted by Crippen LogP contribution is 2.37. The molecule has 0 amide bonds. The maximum Gasteiger partial charge on any atom is 0.0116 e. The molecule has 0 radical (unpaired) electrons. The lowest BCUT2D eigenvalue weighted by atomic mass is 9.74. The van der Waals surface area contributed by atoms with Gasteiger partial charge in [-0.3, -0.25) is 0 Å². The molecule has 12 heavy (non-hydrogen) atoms. The molecule has 1 rings (SSSR count). The van der Waals surface area contributed by atoms with E-state index in [4.69, 9.17) is 5.73 Å². The largest absolute Gasteiger partial charge is 0.327 e. The van der Waals surface area contributed by atoms with E-state index in [0.29, 0.717) is 12.0 Å². The zero-order chi connectivity index (χ0) is 9.35. The van der Waals surface area contributed by atoms with Crippen LogP contribution < -0.4 is 5.73 Å². The minimum absolute atomic E-state index is 0.0968. The zero-order valence-electron chi connectivity index (χ0n) is 8.38. The molecule has 72 valence electrons. The summed E-state index contributed by atoms with van der Waals surface area (Å²) in [6.07, 6.45) is 3.75. The smallest absolute Gasteiger partial charge is 0.0116 e. The van der Waals surface area contributed by atoms with Crippen LogP contribution >= 0.6 is 12.6 Å². The molecule has 2 N–H and O–H groups in total. The Labute approximate surface area is 81.5 Å². The summed E-state index contributed by atoms with van der Waals surface area (Å²) in [5.41, 5.74) is 6.11. The van der Waals surface area contributed by atoms with Crippen molar-refractivity contribution in [3.8, 4) is 0 Å². The maximum atomic E-state index is 6.11. The van der Waals surface area contributed by atoms with Gasteiger partial charge in [0.2, 0.25) is 0 Å². The van der Waals surface area contributed by atoms with Crippen molar-refractivity contribution < 1.29 is 0 Å². The van der Waals surface area contributed by atoms with Crippen molar-refractivity contribution in [2.75, 3.05) is 0 Å². The van der Waals surface area contributed by atoms with Crippen LogP contribution in [0.1, 0.15) is 40.0 Å². The Morgan fingerprint density at radius 3 is 2.33 bits per heavy atom. The molecular formula is C10H21NS. The van der Waals surface area contributed by atoms with Crippen molar-refractivity contribution in [2.24, 2.45) is 17.6 Å². The second-order valence-corrected chi connectivity index (χ2v) is 5.99. The number of hydrogen-bond acceptors (Lipinski definition) is 2. The molecule has 0 spiro atoms. The molecule has 1 saturated carbocycles. The van der Waals surface area contributed by atoms with E-state index < -0.39 is 0 Å². The topological polar surface area (TPSA) is 26.0 Å². The van der Waals surface area contributed by atoms with E-state index in [1.165, 1.54) is 19.3 Å². The summed E-state index contributed by atoms with van der Waals surface area (Å²) in [5, 5.41) is 0. The van der Waals surface area contributed by atoms with Gasteiger partial charge in [0.05, 0.1) is 0 Å². The summed E-state index contributed by atoms with van der Waals surface area (Å²) in [6, 6.07) is 0.362. The van der Waals surface area contributed by atoms with Gasteiger partial charge in [0, 0.05) is 10.8 Å². The molecular weight excluding hydrogens is 166 g/mol. The molecule has 0 saturated heterocycles. The first-order valence-corrected chi connectivity index (χ1v) is 5.34. The van der Waals surface area contributed by atoms with Crippen LogP contribution in [-0.4, -0.2) is 10.8 Å². The zero-order valence-corrected chi connectivity index (χ0v) is 9.27. The summed E-state index contributed by atoms with van der Waals surface area (Å²) in [4.78, 5) is 0. The Morgan fingerprint density at radius 1 is 1.33 bits per heavy atom. The standard InChI is InChI=1S/C10H21NS/c1-7-4-5-8(9(11)6-7)10(2,3)12/h7-9,12H,4-6,11H2,1-3H3. The first-order chi connectivity index (χ1) is 5.41.